The van der Waals surface area contributed by atoms with Crippen molar-refractivity contribution in [2.45, 2.75) is 51.2 Å². The molecule has 40 heavy (non-hydrogen) atoms. The molecule has 1 heterocycles. The van der Waals surface area contributed by atoms with Crippen molar-refractivity contribution >= 4 is 50.7 Å². The number of thiophene rings is 1. The number of nitrogens with zero attached hydrogens (tertiary/aromatic N) is 2. The molecule has 5 nitrogen and oxygen atoms in total. The molecule has 1 saturated carbocycles. The second-order valence-corrected chi connectivity index (χ2v) is 12.1. The van der Waals surface area contributed by atoms with Gasteiger partial charge in [0.2, 0.25) is 0 Å². The van der Waals surface area contributed by atoms with Gasteiger partial charge in [0.25, 0.3) is 5.91 Å². The van der Waals surface area contributed by atoms with Crippen LogP contribution in [0.2, 0.25) is 5.02 Å². The van der Waals surface area contributed by atoms with E-state index in [1.807, 2.05) is 73.5 Å². The fourth-order valence-corrected chi connectivity index (χ4v) is 7.18. The minimum atomic E-state index is -0.0359. The van der Waals surface area contributed by atoms with E-state index in [4.69, 9.17) is 32.9 Å². The molecule has 8 heteroatoms. The topological polar surface area (TPSA) is 42.0 Å². The lowest BCUT2D eigenvalue weighted by molar-refractivity contribution is 0.0589. The molecule has 1 fully saturated rings. The Morgan fingerprint density at radius 1 is 0.975 bits per heavy atom. The number of carbonyl (C=O) groups excluding carboxylic acids is 1. The lowest BCUT2D eigenvalue weighted by Crippen LogP contribution is -2.44. The summed E-state index contributed by atoms with van der Waals surface area (Å²) in [7, 11) is 3.57. The van der Waals surface area contributed by atoms with E-state index in [1.165, 1.54) is 11.3 Å². The molecule has 0 saturated heterocycles. The highest BCUT2D eigenvalue weighted by atomic mass is 35.5. The third kappa shape index (κ3) is 6.10. The lowest BCUT2D eigenvalue weighted by Gasteiger charge is -2.38. The quantitative estimate of drug-likeness (QED) is 0.181. The van der Waals surface area contributed by atoms with E-state index in [2.05, 4.69) is 12.1 Å². The molecule has 0 unspecified atom stereocenters. The number of hydrogen-bond acceptors (Lipinski definition) is 5. The van der Waals surface area contributed by atoms with E-state index in [0.717, 1.165) is 64.0 Å². The average molecular weight is 598 g/mol. The van der Waals surface area contributed by atoms with Gasteiger partial charge in [-0.05, 0) is 85.8 Å². The Kier molecular flexibility index (Phi) is 9.21. The molecule has 0 spiro atoms. The number of halogens is 2. The van der Waals surface area contributed by atoms with Gasteiger partial charge in [0, 0.05) is 41.3 Å². The van der Waals surface area contributed by atoms with Gasteiger partial charge in [-0.15, -0.1) is 11.3 Å². The van der Waals surface area contributed by atoms with E-state index < -0.39 is 0 Å². The number of rotatable bonds is 9. The molecular weight excluding hydrogens is 563 g/mol. The van der Waals surface area contributed by atoms with Crippen molar-refractivity contribution in [2.24, 2.45) is 0 Å². The number of carbonyl (C=O) groups is 1. The molecule has 1 aliphatic rings. The zero-order valence-corrected chi connectivity index (χ0v) is 25.4. The molecule has 1 aromatic heterocycles. The summed E-state index contributed by atoms with van der Waals surface area (Å²) in [6.45, 7) is 2.94. The number of amides is 1. The second-order valence-electron chi connectivity index (χ2n) is 10.1. The van der Waals surface area contributed by atoms with Crippen molar-refractivity contribution in [2.75, 3.05) is 20.8 Å². The van der Waals surface area contributed by atoms with Crippen molar-refractivity contribution in [3.8, 4) is 22.6 Å². The van der Waals surface area contributed by atoms with Crippen molar-refractivity contribution in [1.82, 2.24) is 9.32 Å². The smallest absolute Gasteiger partial charge is 0.266 e. The molecule has 1 aliphatic carbocycles. The van der Waals surface area contributed by atoms with Crippen LogP contribution in [0.15, 0.2) is 66.7 Å². The molecule has 0 aliphatic heterocycles. The van der Waals surface area contributed by atoms with Crippen LogP contribution in [0.5, 0.6) is 11.5 Å². The molecule has 5 rings (SSSR count). The first-order valence-electron chi connectivity index (χ1n) is 13.7. The third-order valence-electron chi connectivity index (χ3n) is 7.72. The summed E-state index contributed by atoms with van der Waals surface area (Å²) in [4.78, 5) is 16.9. The summed E-state index contributed by atoms with van der Waals surface area (Å²) in [5, 5.41) is 1.45. The normalized spacial score (nSPS) is 17.2. The van der Waals surface area contributed by atoms with Crippen LogP contribution in [-0.4, -0.2) is 48.1 Å². The predicted octanol–water partition coefficient (Wildman–Crippen LogP) is 8.67. The Morgan fingerprint density at radius 3 is 2.30 bits per heavy atom. The maximum absolute atomic E-state index is 14.3. The van der Waals surface area contributed by atoms with Gasteiger partial charge in [0.05, 0.1) is 18.7 Å². The Morgan fingerprint density at radius 2 is 1.65 bits per heavy atom. The van der Waals surface area contributed by atoms with Gasteiger partial charge < -0.3 is 14.4 Å². The number of hydrogen-bond donors (Lipinski definition) is 0. The van der Waals surface area contributed by atoms with E-state index in [-0.39, 0.29) is 11.9 Å². The van der Waals surface area contributed by atoms with E-state index in [0.29, 0.717) is 29.1 Å². The van der Waals surface area contributed by atoms with Crippen LogP contribution < -0.4 is 9.47 Å². The molecule has 0 N–H and O–H groups in total. The van der Waals surface area contributed by atoms with Gasteiger partial charge in [-0.25, -0.2) is 4.42 Å². The number of benzene rings is 3. The van der Waals surface area contributed by atoms with Gasteiger partial charge in [-0.2, -0.15) is 0 Å². The van der Waals surface area contributed by atoms with Gasteiger partial charge in [-0.1, -0.05) is 48.0 Å². The van der Waals surface area contributed by atoms with E-state index in [1.54, 1.807) is 11.5 Å². The molecular formula is C32H34Cl2N2O3S. The third-order valence-corrected chi connectivity index (χ3v) is 9.66. The van der Waals surface area contributed by atoms with Crippen LogP contribution in [0.3, 0.4) is 0 Å². The molecule has 0 radical (unpaired) electrons. The SMILES string of the molecule is CCOc1ccc(-c2ccc(OC)cc2)cc1CN(C(=O)c1sc2ccccc2c1Cl)C1CCC(N(C)Cl)CC1. The average Bonchev–Trinajstić information content (AvgIpc) is 3.32. The standard InChI is InChI=1S/C32H34Cl2N2O3S/c1-4-39-28-18-11-22(21-9-16-26(38-3)17-10-21)19-23(28)20-36(25-14-12-24(13-15-25)35(2)34)32(37)31-30(33)27-7-5-6-8-29(27)40-31/h5-11,16-19,24-25H,4,12-15,20H2,1-3H3. The first kappa shape index (κ1) is 28.7. The number of methoxy groups -OCH3 is 1. The minimum absolute atomic E-state index is 0.0359. The molecule has 0 bridgehead atoms. The van der Waals surface area contributed by atoms with Crippen molar-refractivity contribution in [1.29, 1.82) is 0 Å². The summed E-state index contributed by atoms with van der Waals surface area (Å²) in [6.07, 6.45) is 3.60. The zero-order valence-electron chi connectivity index (χ0n) is 23.0. The van der Waals surface area contributed by atoms with Crippen LogP contribution in [0.4, 0.5) is 0 Å². The fourth-order valence-electron chi connectivity index (χ4n) is 5.52. The van der Waals surface area contributed by atoms with Crippen LogP contribution in [0, 0.1) is 0 Å². The highest BCUT2D eigenvalue weighted by molar-refractivity contribution is 7.21. The van der Waals surface area contributed by atoms with Crippen molar-refractivity contribution < 1.29 is 14.3 Å². The summed E-state index contributed by atoms with van der Waals surface area (Å²) in [6, 6.07) is 22.5. The van der Waals surface area contributed by atoms with Gasteiger partial charge in [-0.3, -0.25) is 4.79 Å². The zero-order chi connectivity index (χ0) is 28.2. The van der Waals surface area contributed by atoms with Crippen molar-refractivity contribution in [3.05, 3.63) is 82.2 Å². The van der Waals surface area contributed by atoms with Gasteiger partial charge in [0.1, 0.15) is 16.4 Å². The Labute approximate surface area is 250 Å². The Bertz CT molecular complexity index is 1460. The van der Waals surface area contributed by atoms with E-state index >= 15 is 0 Å². The fraction of sp³-hybridized carbons (Fsp3) is 0.344. The number of fused-ring (bicyclic) bond motifs is 1. The summed E-state index contributed by atoms with van der Waals surface area (Å²) in [5.74, 6) is 1.56. The van der Waals surface area contributed by atoms with Gasteiger partial charge in [0.15, 0.2) is 0 Å². The van der Waals surface area contributed by atoms with Crippen LogP contribution in [-0.2, 0) is 6.54 Å². The van der Waals surface area contributed by atoms with E-state index in [9.17, 15) is 4.79 Å². The van der Waals surface area contributed by atoms with Crippen molar-refractivity contribution in [3.63, 3.8) is 0 Å². The predicted molar refractivity (Wildman–Crippen MR) is 166 cm³/mol. The first-order valence-corrected chi connectivity index (χ1v) is 15.2. The summed E-state index contributed by atoms with van der Waals surface area (Å²) >= 11 is 14.6. The molecule has 0 atom stereocenters. The highest BCUT2D eigenvalue weighted by Gasteiger charge is 2.33. The van der Waals surface area contributed by atoms with Crippen LogP contribution in [0.25, 0.3) is 21.2 Å². The molecule has 1 amide bonds. The maximum atomic E-state index is 14.3. The summed E-state index contributed by atoms with van der Waals surface area (Å²) in [5.41, 5.74) is 3.10. The van der Waals surface area contributed by atoms with Crippen LogP contribution >= 0.6 is 34.7 Å². The molecule has 210 valence electrons. The van der Waals surface area contributed by atoms with Crippen LogP contribution in [0.1, 0.15) is 47.8 Å². The number of ether oxygens (including phenoxy) is 2. The Hall–Kier alpha value is -2.77. The largest absolute Gasteiger partial charge is 0.497 e. The van der Waals surface area contributed by atoms with Gasteiger partial charge >= 0.3 is 0 Å². The summed E-state index contributed by atoms with van der Waals surface area (Å²) < 4.78 is 14.2. The Balaban J connectivity index is 1.52. The highest BCUT2D eigenvalue weighted by Crippen LogP contribution is 2.39. The molecule has 4 aromatic rings. The monoisotopic (exact) mass is 596 g/mol. The molecule has 3 aromatic carbocycles. The second kappa shape index (κ2) is 12.8. The maximum Gasteiger partial charge on any atom is 0.266 e. The lowest BCUT2D eigenvalue weighted by atomic mass is 9.89. The first-order chi connectivity index (χ1) is 19.4. The minimum Gasteiger partial charge on any atom is -0.497 e.